The molecular weight excluding hydrogens is 306 g/mol. The maximum absolute atomic E-state index is 13.3. The molecule has 0 unspecified atom stereocenters. The summed E-state index contributed by atoms with van der Waals surface area (Å²) in [5.41, 5.74) is 0.249. The number of hydrogen-bond donors (Lipinski definition) is 1. The Kier molecular flexibility index (Phi) is 4.47. The van der Waals surface area contributed by atoms with Crippen LogP contribution in [0.3, 0.4) is 0 Å². The lowest BCUT2D eigenvalue weighted by Crippen LogP contribution is -2.02. The Hall–Kier alpha value is -1.78. The summed E-state index contributed by atoms with van der Waals surface area (Å²) in [6.07, 6.45) is 0. The number of benzene rings is 2. The molecule has 0 aliphatic heterocycles. The van der Waals surface area contributed by atoms with Crippen LogP contribution in [0.15, 0.2) is 36.4 Å². The fourth-order valence-corrected chi connectivity index (χ4v) is 1.94. The molecule has 2 aromatic rings. The maximum Gasteiger partial charge on any atom is 0.335 e. The normalized spacial score (nSPS) is 10.3. The molecule has 0 saturated heterocycles. The zero-order valence-electron chi connectivity index (χ0n) is 10.1. The fraction of sp³-hybridized carbons (Fsp3) is 0.0714. The summed E-state index contributed by atoms with van der Waals surface area (Å²) in [7, 11) is 0. The first kappa shape index (κ1) is 14.6. The lowest BCUT2D eigenvalue weighted by Gasteiger charge is -2.09. The van der Waals surface area contributed by atoms with Gasteiger partial charge in [0.1, 0.15) is 18.2 Å². The van der Waals surface area contributed by atoms with Crippen molar-refractivity contribution in [3.8, 4) is 5.75 Å². The van der Waals surface area contributed by atoms with Gasteiger partial charge in [0.15, 0.2) is 0 Å². The van der Waals surface area contributed by atoms with Crippen LogP contribution < -0.4 is 4.74 Å². The molecule has 0 heterocycles. The number of ether oxygens (including phenoxy) is 1. The number of carboxylic acid groups (broad SMARTS) is 1. The van der Waals surface area contributed by atoms with Gasteiger partial charge in [0.05, 0.1) is 10.6 Å². The first-order chi connectivity index (χ1) is 9.45. The third-order valence-corrected chi connectivity index (χ3v) is 3.04. The van der Waals surface area contributed by atoms with Crippen molar-refractivity contribution >= 4 is 29.2 Å². The predicted octanol–water partition coefficient (Wildman–Crippen LogP) is 4.41. The van der Waals surface area contributed by atoms with Crippen LogP contribution in [0.4, 0.5) is 4.39 Å². The molecule has 0 aliphatic carbocycles. The van der Waals surface area contributed by atoms with E-state index in [1.54, 1.807) is 12.1 Å². The lowest BCUT2D eigenvalue weighted by atomic mass is 10.1. The van der Waals surface area contributed by atoms with Crippen molar-refractivity contribution in [2.75, 3.05) is 0 Å². The average Bonchev–Trinajstić information content (AvgIpc) is 2.39. The number of carboxylic acids is 1. The van der Waals surface area contributed by atoms with Gasteiger partial charge in [0.2, 0.25) is 0 Å². The van der Waals surface area contributed by atoms with Gasteiger partial charge in [-0.2, -0.15) is 0 Å². The molecule has 20 heavy (non-hydrogen) atoms. The SMILES string of the molecule is O=C(O)c1cc(F)cc(COc2cc(Cl)ccc2Cl)c1. The van der Waals surface area contributed by atoms with Gasteiger partial charge in [-0.15, -0.1) is 0 Å². The van der Waals surface area contributed by atoms with Crippen LogP contribution in [0, 0.1) is 5.82 Å². The van der Waals surface area contributed by atoms with Gasteiger partial charge >= 0.3 is 5.97 Å². The van der Waals surface area contributed by atoms with E-state index in [1.165, 1.54) is 18.2 Å². The van der Waals surface area contributed by atoms with Gasteiger partial charge < -0.3 is 9.84 Å². The Balaban J connectivity index is 2.18. The first-order valence-corrected chi connectivity index (χ1v) is 6.32. The summed E-state index contributed by atoms with van der Waals surface area (Å²) in [6, 6.07) is 8.20. The Morgan fingerprint density at radius 2 is 1.95 bits per heavy atom. The van der Waals surface area contributed by atoms with Gasteiger partial charge in [0, 0.05) is 11.1 Å². The van der Waals surface area contributed by atoms with Gasteiger partial charge in [-0.05, 0) is 35.9 Å². The predicted molar refractivity (Wildman–Crippen MR) is 74.2 cm³/mol. The van der Waals surface area contributed by atoms with Gasteiger partial charge in [-0.1, -0.05) is 23.2 Å². The zero-order valence-corrected chi connectivity index (χ0v) is 11.6. The highest BCUT2D eigenvalue weighted by molar-refractivity contribution is 6.34. The molecular formula is C14H9Cl2FO3. The summed E-state index contributed by atoms with van der Waals surface area (Å²) in [5, 5.41) is 9.67. The van der Waals surface area contributed by atoms with Gasteiger partial charge in [-0.3, -0.25) is 0 Å². The Bertz CT molecular complexity index is 659. The fourth-order valence-electron chi connectivity index (χ4n) is 1.61. The smallest absolute Gasteiger partial charge is 0.335 e. The van der Waals surface area contributed by atoms with Crippen LogP contribution in [0.2, 0.25) is 10.0 Å². The minimum atomic E-state index is -1.20. The number of hydrogen-bond acceptors (Lipinski definition) is 2. The van der Waals surface area contributed by atoms with E-state index in [1.807, 2.05) is 0 Å². The van der Waals surface area contributed by atoms with Crippen molar-refractivity contribution in [2.45, 2.75) is 6.61 Å². The van der Waals surface area contributed by atoms with Gasteiger partial charge in [-0.25, -0.2) is 9.18 Å². The van der Waals surface area contributed by atoms with Crippen LogP contribution >= 0.6 is 23.2 Å². The molecule has 0 radical (unpaired) electrons. The molecule has 0 amide bonds. The summed E-state index contributed by atoms with van der Waals surface area (Å²) in [5.74, 6) is -1.49. The number of aromatic carboxylic acids is 1. The van der Waals surface area contributed by atoms with Crippen molar-refractivity contribution in [3.63, 3.8) is 0 Å². The minimum absolute atomic E-state index is 0.0158. The van der Waals surface area contributed by atoms with Crippen molar-refractivity contribution < 1.29 is 19.0 Å². The summed E-state index contributed by atoms with van der Waals surface area (Å²) in [4.78, 5) is 10.8. The molecule has 0 saturated carbocycles. The van der Waals surface area contributed by atoms with E-state index in [0.717, 1.165) is 6.07 Å². The van der Waals surface area contributed by atoms with E-state index in [2.05, 4.69) is 0 Å². The molecule has 2 rings (SSSR count). The van der Waals surface area contributed by atoms with Gasteiger partial charge in [0.25, 0.3) is 0 Å². The van der Waals surface area contributed by atoms with Crippen molar-refractivity contribution in [3.05, 3.63) is 63.4 Å². The van der Waals surface area contributed by atoms with Crippen LogP contribution in [-0.2, 0) is 6.61 Å². The first-order valence-electron chi connectivity index (χ1n) is 5.56. The number of carbonyl (C=O) groups is 1. The number of rotatable bonds is 4. The third-order valence-electron chi connectivity index (χ3n) is 2.49. The molecule has 0 spiro atoms. The van der Waals surface area contributed by atoms with Crippen LogP contribution in [0.25, 0.3) is 0 Å². The number of halogens is 3. The van der Waals surface area contributed by atoms with Crippen LogP contribution in [0.5, 0.6) is 5.75 Å². The standard InChI is InChI=1S/C14H9Cl2FO3/c15-10-1-2-12(16)13(6-10)20-7-8-3-9(14(18)19)5-11(17)4-8/h1-6H,7H2,(H,18,19). The Morgan fingerprint density at radius 3 is 2.65 bits per heavy atom. The molecule has 3 nitrogen and oxygen atoms in total. The molecule has 0 aromatic heterocycles. The van der Waals surface area contributed by atoms with Crippen LogP contribution in [0.1, 0.15) is 15.9 Å². The highest BCUT2D eigenvalue weighted by Gasteiger charge is 2.09. The molecule has 0 bridgehead atoms. The second kappa shape index (κ2) is 6.11. The van der Waals surface area contributed by atoms with E-state index in [4.69, 9.17) is 33.0 Å². The van der Waals surface area contributed by atoms with E-state index in [-0.39, 0.29) is 12.2 Å². The molecule has 104 valence electrons. The quantitative estimate of drug-likeness (QED) is 0.909. The molecule has 2 aromatic carbocycles. The maximum atomic E-state index is 13.3. The largest absolute Gasteiger partial charge is 0.487 e. The average molecular weight is 315 g/mol. The summed E-state index contributed by atoms with van der Waals surface area (Å²) < 4.78 is 18.7. The Morgan fingerprint density at radius 1 is 1.20 bits per heavy atom. The highest BCUT2D eigenvalue weighted by Crippen LogP contribution is 2.28. The second-order valence-electron chi connectivity index (χ2n) is 4.02. The topological polar surface area (TPSA) is 46.5 Å². The van der Waals surface area contributed by atoms with E-state index in [9.17, 15) is 9.18 Å². The zero-order chi connectivity index (χ0) is 14.7. The molecule has 0 fully saturated rings. The minimum Gasteiger partial charge on any atom is -0.487 e. The molecule has 0 aliphatic rings. The second-order valence-corrected chi connectivity index (χ2v) is 4.86. The van der Waals surface area contributed by atoms with Crippen molar-refractivity contribution in [1.29, 1.82) is 0 Å². The van der Waals surface area contributed by atoms with E-state index in [0.29, 0.717) is 21.4 Å². The van der Waals surface area contributed by atoms with Crippen LogP contribution in [-0.4, -0.2) is 11.1 Å². The Labute approximate surface area is 124 Å². The molecule has 6 heteroatoms. The summed E-state index contributed by atoms with van der Waals surface area (Å²) >= 11 is 11.7. The molecule has 0 atom stereocenters. The van der Waals surface area contributed by atoms with Crippen molar-refractivity contribution in [2.24, 2.45) is 0 Å². The van der Waals surface area contributed by atoms with E-state index >= 15 is 0 Å². The monoisotopic (exact) mass is 314 g/mol. The van der Waals surface area contributed by atoms with Crippen molar-refractivity contribution in [1.82, 2.24) is 0 Å². The highest BCUT2D eigenvalue weighted by atomic mass is 35.5. The lowest BCUT2D eigenvalue weighted by molar-refractivity contribution is 0.0696. The van der Waals surface area contributed by atoms with E-state index < -0.39 is 11.8 Å². The summed E-state index contributed by atoms with van der Waals surface area (Å²) in [6.45, 7) is -0.0158. The molecule has 1 N–H and O–H groups in total. The third kappa shape index (κ3) is 3.62.